The smallest absolute Gasteiger partial charge is 0.223 e. The largest absolute Gasteiger partial charge is 0.352 e. The molecule has 1 aromatic rings. The maximum atomic E-state index is 13.2. The number of piperidine rings is 1. The SMILES string of the molecule is CC(C(=O)NC1CCCN(Cc2ccc(F)cc2Cl)C1)C1CNC1.Cl.Cl. The highest BCUT2D eigenvalue weighted by Gasteiger charge is 2.30. The van der Waals surface area contributed by atoms with Crippen molar-refractivity contribution in [3.05, 3.63) is 34.6 Å². The predicted molar refractivity (Wildman–Crippen MR) is 108 cm³/mol. The van der Waals surface area contributed by atoms with Crippen molar-refractivity contribution in [1.82, 2.24) is 15.5 Å². The van der Waals surface area contributed by atoms with Crippen LogP contribution < -0.4 is 10.6 Å². The van der Waals surface area contributed by atoms with Crippen molar-refractivity contribution in [2.75, 3.05) is 26.2 Å². The molecule has 1 amide bonds. The van der Waals surface area contributed by atoms with E-state index in [-0.39, 0.29) is 48.5 Å². The molecule has 0 aromatic heterocycles. The lowest BCUT2D eigenvalue weighted by molar-refractivity contribution is -0.127. The molecule has 0 saturated carbocycles. The van der Waals surface area contributed by atoms with Crippen LogP contribution in [0, 0.1) is 17.7 Å². The third kappa shape index (κ3) is 5.96. The summed E-state index contributed by atoms with van der Waals surface area (Å²) < 4.78 is 13.2. The summed E-state index contributed by atoms with van der Waals surface area (Å²) in [7, 11) is 0. The maximum Gasteiger partial charge on any atom is 0.223 e. The van der Waals surface area contributed by atoms with Gasteiger partial charge in [-0.2, -0.15) is 0 Å². The van der Waals surface area contributed by atoms with E-state index in [1.807, 2.05) is 6.92 Å². The number of likely N-dealkylation sites (tertiary alicyclic amines) is 1. The summed E-state index contributed by atoms with van der Waals surface area (Å²) >= 11 is 6.13. The standard InChI is InChI=1S/C18H25ClFN3O.2ClH/c1-12(14-8-21-9-14)18(24)22-16-3-2-6-23(11-16)10-13-4-5-15(20)7-17(13)19;;/h4-5,7,12,14,16,21H,2-3,6,8-11H2,1H3,(H,22,24);2*1H. The summed E-state index contributed by atoms with van der Waals surface area (Å²) in [5, 5.41) is 6.89. The van der Waals surface area contributed by atoms with Crippen LogP contribution >= 0.6 is 36.4 Å². The molecule has 0 radical (unpaired) electrons. The first-order valence-corrected chi connectivity index (χ1v) is 9.08. The molecule has 26 heavy (non-hydrogen) atoms. The number of carbonyl (C=O) groups is 1. The Morgan fingerprint density at radius 1 is 1.42 bits per heavy atom. The number of carbonyl (C=O) groups excluding carboxylic acids is 1. The molecule has 0 bridgehead atoms. The normalized spacial score (nSPS) is 21.7. The van der Waals surface area contributed by atoms with Gasteiger partial charge in [0.25, 0.3) is 0 Å². The first-order chi connectivity index (χ1) is 11.5. The van der Waals surface area contributed by atoms with Crippen molar-refractivity contribution in [2.45, 2.75) is 32.4 Å². The number of hydrogen-bond donors (Lipinski definition) is 2. The Labute approximate surface area is 172 Å². The molecule has 8 heteroatoms. The molecule has 2 aliphatic heterocycles. The summed E-state index contributed by atoms with van der Waals surface area (Å²) in [4.78, 5) is 14.7. The van der Waals surface area contributed by atoms with Gasteiger partial charge in [0.05, 0.1) is 0 Å². The van der Waals surface area contributed by atoms with E-state index >= 15 is 0 Å². The van der Waals surface area contributed by atoms with E-state index in [2.05, 4.69) is 15.5 Å². The zero-order valence-corrected chi connectivity index (χ0v) is 17.2. The van der Waals surface area contributed by atoms with Gasteiger partial charge in [-0.3, -0.25) is 9.69 Å². The molecule has 2 fully saturated rings. The van der Waals surface area contributed by atoms with Crippen LogP contribution in [0.1, 0.15) is 25.3 Å². The summed E-state index contributed by atoms with van der Waals surface area (Å²) in [5.41, 5.74) is 0.930. The quantitative estimate of drug-likeness (QED) is 0.759. The third-order valence-electron chi connectivity index (χ3n) is 5.19. The summed E-state index contributed by atoms with van der Waals surface area (Å²) in [6.45, 7) is 6.37. The van der Waals surface area contributed by atoms with E-state index in [0.717, 1.165) is 44.6 Å². The number of rotatable bonds is 5. The Morgan fingerprint density at radius 3 is 2.77 bits per heavy atom. The third-order valence-corrected chi connectivity index (χ3v) is 5.55. The second-order valence-corrected chi connectivity index (χ2v) is 7.43. The Hall–Kier alpha value is -0.590. The van der Waals surface area contributed by atoms with Crippen molar-refractivity contribution >= 4 is 42.3 Å². The minimum Gasteiger partial charge on any atom is -0.352 e. The van der Waals surface area contributed by atoms with E-state index in [1.54, 1.807) is 6.07 Å². The molecule has 2 atom stereocenters. The highest BCUT2D eigenvalue weighted by atomic mass is 35.5. The summed E-state index contributed by atoms with van der Waals surface area (Å²) in [6.07, 6.45) is 2.05. The number of hydrogen-bond acceptors (Lipinski definition) is 3. The number of halogens is 4. The van der Waals surface area contributed by atoms with Gasteiger partial charge in [0.2, 0.25) is 5.91 Å². The van der Waals surface area contributed by atoms with E-state index in [9.17, 15) is 9.18 Å². The minimum absolute atomic E-state index is 0. The predicted octanol–water partition coefficient (Wildman–Crippen LogP) is 3.26. The van der Waals surface area contributed by atoms with E-state index in [1.165, 1.54) is 12.1 Å². The van der Waals surface area contributed by atoms with Crippen LogP contribution in [0.4, 0.5) is 4.39 Å². The van der Waals surface area contributed by atoms with Crippen LogP contribution in [0.15, 0.2) is 18.2 Å². The van der Waals surface area contributed by atoms with Crippen molar-refractivity contribution in [3.63, 3.8) is 0 Å². The Morgan fingerprint density at radius 2 is 2.15 bits per heavy atom. The lowest BCUT2D eigenvalue weighted by atomic mass is 9.88. The Balaban J connectivity index is 0.00000169. The molecule has 2 saturated heterocycles. The van der Waals surface area contributed by atoms with Gasteiger partial charge in [-0.05, 0) is 56.1 Å². The van der Waals surface area contributed by atoms with Crippen LogP contribution in [-0.4, -0.2) is 43.0 Å². The van der Waals surface area contributed by atoms with Gasteiger partial charge in [0.1, 0.15) is 5.82 Å². The van der Waals surface area contributed by atoms with Gasteiger partial charge in [0.15, 0.2) is 0 Å². The Bertz CT molecular complexity index is 601. The topological polar surface area (TPSA) is 44.4 Å². The highest BCUT2D eigenvalue weighted by Crippen LogP contribution is 2.22. The molecule has 0 aliphatic carbocycles. The zero-order chi connectivity index (χ0) is 17.1. The molecule has 2 unspecified atom stereocenters. The summed E-state index contributed by atoms with van der Waals surface area (Å²) in [5.74, 6) is 0.371. The molecule has 3 rings (SSSR count). The molecule has 0 spiro atoms. The number of amides is 1. The van der Waals surface area contributed by atoms with Gasteiger partial charge < -0.3 is 10.6 Å². The van der Waals surface area contributed by atoms with Crippen LogP contribution in [0.2, 0.25) is 5.02 Å². The fourth-order valence-electron chi connectivity index (χ4n) is 3.42. The molecule has 1 aromatic carbocycles. The van der Waals surface area contributed by atoms with Crippen molar-refractivity contribution in [1.29, 1.82) is 0 Å². The van der Waals surface area contributed by atoms with Gasteiger partial charge >= 0.3 is 0 Å². The first kappa shape index (κ1) is 23.4. The van der Waals surface area contributed by atoms with Gasteiger partial charge in [0, 0.05) is 30.1 Å². The highest BCUT2D eigenvalue weighted by molar-refractivity contribution is 6.31. The van der Waals surface area contributed by atoms with Gasteiger partial charge in [-0.1, -0.05) is 24.6 Å². The van der Waals surface area contributed by atoms with Crippen LogP contribution in [-0.2, 0) is 11.3 Å². The monoisotopic (exact) mass is 425 g/mol. The number of benzene rings is 1. The van der Waals surface area contributed by atoms with Crippen molar-refractivity contribution in [2.24, 2.45) is 11.8 Å². The van der Waals surface area contributed by atoms with Crippen molar-refractivity contribution in [3.8, 4) is 0 Å². The first-order valence-electron chi connectivity index (χ1n) is 8.70. The van der Waals surface area contributed by atoms with Crippen LogP contribution in [0.25, 0.3) is 0 Å². The molecule has 2 aliphatic rings. The van der Waals surface area contributed by atoms with E-state index in [0.29, 0.717) is 17.5 Å². The maximum absolute atomic E-state index is 13.2. The fraction of sp³-hybridized carbons (Fsp3) is 0.611. The van der Waals surface area contributed by atoms with Gasteiger partial charge in [-0.15, -0.1) is 24.8 Å². The molecular formula is C18H27Cl3FN3O. The molecule has 2 heterocycles. The lowest BCUT2D eigenvalue weighted by Gasteiger charge is -2.36. The minimum atomic E-state index is -0.313. The zero-order valence-electron chi connectivity index (χ0n) is 14.8. The molecule has 148 valence electrons. The molecule has 4 nitrogen and oxygen atoms in total. The second-order valence-electron chi connectivity index (χ2n) is 7.03. The van der Waals surface area contributed by atoms with Gasteiger partial charge in [-0.25, -0.2) is 4.39 Å². The second kappa shape index (κ2) is 10.7. The van der Waals surface area contributed by atoms with E-state index < -0.39 is 0 Å². The average Bonchev–Trinajstić information content (AvgIpc) is 2.49. The van der Waals surface area contributed by atoms with E-state index in [4.69, 9.17) is 11.6 Å². The fourth-order valence-corrected chi connectivity index (χ4v) is 3.65. The number of nitrogens with zero attached hydrogens (tertiary/aromatic N) is 1. The molecule has 2 N–H and O–H groups in total. The van der Waals surface area contributed by atoms with Crippen molar-refractivity contribution < 1.29 is 9.18 Å². The van der Waals surface area contributed by atoms with Crippen LogP contribution in [0.3, 0.4) is 0 Å². The Kier molecular flexibility index (Phi) is 9.62. The summed E-state index contributed by atoms with van der Waals surface area (Å²) in [6, 6.07) is 4.72. The molecular weight excluding hydrogens is 400 g/mol. The average molecular weight is 427 g/mol. The van der Waals surface area contributed by atoms with Crippen LogP contribution in [0.5, 0.6) is 0 Å². The number of nitrogens with one attached hydrogen (secondary N) is 2. The lowest BCUT2D eigenvalue weighted by Crippen LogP contribution is -2.53.